The zero-order valence-electron chi connectivity index (χ0n) is 16.3. The summed E-state index contributed by atoms with van der Waals surface area (Å²) in [4.78, 5) is 23.5. The molecule has 0 saturated carbocycles. The minimum Gasteiger partial charge on any atom is -0.469 e. The van der Waals surface area contributed by atoms with E-state index in [0.29, 0.717) is 5.78 Å². The SMILES string of the molecule is Cc1cc(N2CCC(C(=O)N[C@H](C)CCc3ccco3)CC2)n2ncnc2n1. The lowest BCUT2D eigenvalue weighted by Crippen LogP contribution is -2.43. The molecule has 1 saturated heterocycles. The monoisotopic (exact) mass is 382 g/mol. The summed E-state index contributed by atoms with van der Waals surface area (Å²) >= 11 is 0. The lowest BCUT2D eigenvalue weighted by molar-refractivity contribution is -0.126. The van der Waals surface area contributed by atoms with Crippen LogP contribution < -0.4 is 10.2 Å². The molecule has 0 radical (unpaired) electrons. The number of rotatable bonds is 6. The summed E-state index contributed by atoms with van der Waals surface area (Å²) in [5.74, 6) is 2.77. The van der Waals surface area contributed by atoms with Crippen molar-refractivity contribution in [3.8, 4) is 0 Å². The number of furan rings is 1. The standard InChI is InChI=1S/C20H26N6O2/c1-14(5-6-17-4-3-11-28-17)23-19(27)16-7-9-25(10-8-16)18-12-15(2)24-20-21-13-22-26(18)20/h3-4,11-14,16H,5-10H2,1-2H3,(H,23,27)/t14-/m1/s1. The topological polar surface area (TPSA) is 88.6 Å². The van der Waals surface area contributed by atoms with Gasteiger partial charge in [-0.15, -0.1) is 0 Å². The van der Waals surface area contributed by atoms with E-state index in [1.807, 2.05) is 25.1 Å². The maximum Gasteiger partial charge on any atom is 0.254 e. The first-order chi connectivity index (χ1) is 13.6. The van der Waals surface area contributed by atoms with Crippen molar-refractivity contribution < 1.29 is 9.21 Å². The highest BCUT2D eigenvalue weighted by molar-refractivity contribution is 5.79. The Labute approximate surface area is 164 Å². The Morgan fingerprint density at radius 1 is 1.39 bits per heavy atom. The molecular formula is C20H26N6O2. The number of nitrogens with zero attached hydrogens (tertiary/aromatic N) is 5. The van der Waals surface area contributed by atoms with Gasteiger partial charge in [0.1, 0.15) is 17.9 Å². The Bertz CT molecular complexity index is 927. The molecular weight excluding hydrogens is 356 g/mol. The van der Waals surface area contributed by atoms with Gasteiger partial charge < -0.3 is 14.6 Å². The summed E-state index contributed by atoms with van der Waals surface area (Å²) in [5, 5.41) is 7.45. The molecule has 1 fully saturated rings. The number of aromatic nitrogens is 4. The van der Waals surface area contributed by atoms with Crippen LogP contribution in [0.2, 0.25) is 0 Å². The highest BCUT2D eigenvalue weighted by Gasteiger charge is 2.27. The third kappa shape index (κ3) is 4.00. The second kappa shape index (κ2) is 8.00. The third-order valence-electron chi connectivity index (χ3n) is 5.34. The quantitative estimate of drug-likeness (QED) is 0.704. The molecule has 1 N–H and O–H groups in total. The van der Waals surface area contributed by atoms with Crippen LogP contribution in [0.15, 0.2) is 35.2 Å². The molecule has 0 aromatic carbocycles. The maximum atomic E-state index is 12.6. The van der Waals surface area contributed by atoms with Crippen molar-refractivity contribution in [3.63, 3.8) is 0 Å². The molecule has 3 aromatic rings. The third-order valence-corrected chi connectivity index (χ3v) is 5.34. The molecule has 0 spiro atoms. The van der Waals surface area contributed by atoms with E-state index in [0.717, 1.165) is 56.0 Å². The summed E-state index contributed by atoms with van der Waals surface area (Å²) in [6, 6.07) is 6.02. The molecule has 1 aliphatic heterocycles. The Hall–Kier alpha value is -2.90. The Morgan fingerprint density at radius 2 is 2.21 bits per heavy atom. The van der Waals surface area contributed by atoms with Crippen LogP contribution >= 0.6 is 0 Å². The molecule has 1 aliphatic rings. The van der Waals surface area contributed by atoms with Crippen LogP contribution in [0.4, 0.5) is 5.82 Å². The van der Waals surface area contributed by atoms with Crippen molar-refractivity contribution in [2.24, 2.45) is 5.92 Å². The van der Waals surface area contributed by atoms with Crippen LogP contribution in [0.1, 0.15) is 37.6 Å². The second-order valence-corrected chi connectivity index (χ2v) is 7.52. The summed E-state index contributed by atoms with van der Waals surface area (Å²) in [6.07, 6.45) is 6.57. The van der Waals surface area contributed by atoms with Gasteiger partial charge in [0.25, 0.3) is 5.78 Å². The minimum absolute atomic E-state index is 0.0523. The first-order valence-corrected chi connectivity index (χ1v) is 9.85. The van der Waals surface area contributed by atoms with Gasteiger partial charge in [0.15, 0.2) is 0 Å². The molecule has 148 valence electrons. The highest BCUT2D eigenvalue weighted by atomic mass is 16.3. The van der Waals surface area contributed by atoms with Crippen LogP contribution in [-0.4, -0.2) is 44.6 Å². The number of carbonyl (C=O) groups excluding carboxylic acids is 1. The molecule has 28 heavy (non-hydrogen) atoms. The normalized spacial score (nSPS) is 16.4. The molecule has 1 amide bonds. The van der Waals surface area contributed by atoms with Gasteiger partial charge >= 0.3 is 0 Å². The van der Waals surface area contributed by atoms with Crippen LogP contribution in [0.3, 0.4) is 0 Å². The summed E-state index contributed by atoms with van der Waals surface area (Å²) in [6.45, 7) is 5.65. The van der Waals surface area contributed by atoms with Gasteiger partial charge in [0, 0.05) is 43.2 Å². The number of aryl methyl sites for hydroxylation is 2. The predicted molar refractivity (Wildman–Crippen MR) is 105 cm³/mol. The fourth-order valence-corrected chi connectivity index (χ4v) is 3.75. The van der Waals surface area contributed by atoms with Crippen molar-refractivity contribution in [3.05, 3.63) is 42.2 Å². The van der Waals surface area contributed by atoms with E-state index >= 15 is 0 Å². The number of carbonyl (C=O) groups is 1. The van der Waals surface area contributed by atoms with E-state index in [1.165, 1.54) is 6.33 Å². The average molecular weight is 382 g/mol. The van der Waals surface area contributed by atoms with Gasteiger partial charge in [-0.05, 0) is 45.2 Å². The zero-order valence-corrected chi connectivity index (χ0v) is 16.3. The second-order valence-electron chi connectivity index (χ2n) is 7.52. The number of hydrogen-bond acceptors (Lipinski definition) is 6. The fourth-order valence-electron chi connectivity index (χ4n) is 3.75. The number of fused-ring (bicyclic) bond motifs is 1. The van der Waals surface area contributed by atoms with Gasteiger partial charge in [0.05, 0.1) is 6.26 Å². The smallest absolute Gasteiger partial charge is 0.254 e. The number of hydrogen-bond donors (Lipinski definition) is 1. The van der Waals surface area contributed by atoms with Gasteiger partial charge in [-0.2, -0.15) is 14.6 Å². The van der Waals surface area contributed by atoms with Gasteiger partial charge in [-0.3, -0.25) is 4.79 Å². The molecule has 0 aliphatic carbocycles. The number of nitrogens with one attached hydrogen (secondary N) is 1. The lowest BCUT2D eigenvalue weighted by Gasteiger charge is -2.33. The number of amides is 1. The van der Waals surface area contributed by atoms with Gasteiger partial charge in [0.2, 0.25) is 5.91 Å². The fraction of sp³-hybridized carbons (Fsp3) is 0.500. The van der Waals surface area contributed by atoms with Crippen molar-refractivity contribution >= 4 is 17.5 Å². The van der Waals surface area contributed by atoms with Crippen molar-refractivity contribution in [1.29, 1.82) is 0 Å². The van der Waals surface area contributed by atoms with E-state index in [-0.39, 0.29) is 17.9 Å². The van der Waals surface area contributed by atoms with E-state index < -0.39 is 0 Å². The highest BCUT2D eigenvalue weighted by Crippen LogP contribution is 2.24. The summed E-state index contributed by atoms with van der Waals surface area (Å²) in [7, 11) is 0. The molecule has 3 aromatic heterocycles. The predicted octanol–water partition coefficient (Wildman–Crippen LogP) is 2.38. The van der Waals surface area contributed by atoms with Crippen molar-refractivity contribution in [2.75, 3.05) is 18.0 Å². The van der Waals surface area contributed by atoms with Crippen LogP contribution in [0.25, 0.3) is 5.78 Å². The Morgan fingerprint density at radius 3 is 2.96 bits per heavy atom. The molecule has 0 bridgehead atoms. The first-order valence-electron chi connectivity index (χ1n) is 9.85. The number of piperidine rings is 1. The van der Waals surface area contributed by atoms with Crippen LogP contribution in [-0.2, 0) is 11.2 Å². The van der Waals surface area contributed by atoms with E-state index in [4.69, 9.17) is 4.42 Å². The largest absolute Gasteiger partial charge is 0.469 e. The van der Waals surface area contributed by atoms with Gasteiger partial charge in [-0.1, -0.05) is 0 Å². The van der Waals surface area contributed by atoms with Crippen LogP contribution in [0, 0.1) is 12.8 Å². The summed E-state index contributed by atoms with van der Waals surface area (Å²) in [5.41, 5.74) is 0.917. The average Bonchev–Trinajstić information content (AvgIpc) is 3.37. The van der Waals surface area contributed by atoms with Crippen molar-refractivity contribution in [1.82, 2.24) is 24.9 Å². The van der Waals surface area contributed by atoms with Crippen molar-refractivity contribution in [2.45, 2.75) is 45.6 Å². The molecule has 4 heterocycles. The Kier molecular flexibility index (Phi) is 5.27. The minimum atomic E-state index is 0.0523. The molecule has 0 unspecified atom stereocenters. The van der Waals surface area contributed by atoms with Gasteiger partial charge in [-0.25, -0.2) is 4.98 Å². The number of anilines is 1. The molecule has 8 heteroatoms. The van der Waals surface area contributed by atoms with Crippen LogP contribution in [0.5, 0.6) is 0 Å². The maximum absolute atomic E-state index is 12.6. The van der Waals surface area contributed by atoms with E-state index in [1.54, 1.807) is 10.8 Å². The molecule has 8 nitrogen and oxygen atoms in total. The zero-order chi connectivity index (χ0) is 19.5. The van der Waals surface area contributed by atoms with E-state index in [9.17, 15) is 4.79 Å². The Balaban J connectivity index is 1.31. The summed E-state index contributed by atoms with van der Waals surface area (Å²) < 4.78 is 7.13. The lowest BCUT2D eigenvalue weighted by atomic mass is 9.95. The van der Waals surface area contributed by atoms with E-state index in [2.05, 4.69) is 32.2 Å². The molecule has 4 rings (SSSR count). The first kappa shape index (κ1) is 18.5. The molecule has 1 atom stereocenters.